The van der Waals surface area contributed by atoms with E-state index >= 15 is 0 Å². The molecule has 0 bridgehead atoms. The summed E-state index contributed by atoms with van der Waals surface area (Å²) in [6.07, 6.45) is 1.60. The first-order valence-corrected chi connectivity index (χ1v) is 8.81. The molecule has 0 radical (unpaired) electrons. The van der Waals surface area contributed by atoms with E-state index < -0.39 is 12.6 Å². The zero-order chi connectivity index (χ0) is 19.2. The van der Waals surface area contributed by atoms with Crippen LogP contribution in [0.4, 0.5) is 8.78 Å². The van der Waals surface area contributed by atoms with E-state index in [4.69, 9.17) is 4.74 Å². The summed E-state index contributed by atoms with van der Waals surface area (Å²) in [5, 5.41) is 2.37. The molecule has 1 heterocycles. The zero-order valence-corrected chi connectivity index (χ0v) is 15.1. The van der Waals surface area contributed by atoms with E-state index in [-0.39, 0.29) is 11.3 Å². The molecule has 0 aliphatic carbocycles. The van der Waals surface area contributed by atoms with Crippen LogP contribution in [0.15, 0.2) is 60.0 Å². The summed E-state index contributed by atoms with van der Waals surface area (Å²) >= 11 is 1.32. The van der Waals surface area contributed by atoms with Crippen molar-refractivity contribution in [2.75, 3.05) is 7.11 Å². The van der Waals surface area contributed by atoms with Crippen LogP contribution in [0.1, 0.15) is 10.6 Å². The van der Waals surface area contributed by atoms with Gasteiger partial charge in [0, 0.05) is 10.9 Å². The van der Waals surface area contributed by atoms with Crippen LogP contribution in [0.25, 0.3) is 22.9 Å². The van der Waals surface area contributed by atoms with Gasteiger partial charge in [0.25, 0.3) is 0 Å². The van der Waals surface area contributed by atoms with Crippen molar-refractivity contribution in [1.82, 2.24) is 4.98 Å². The Bertz CT molecular complexity index is 937. The Balaban J connectivity index is 1.92. The third-order valence-electron chi connectivity index (χ3n) is 3.63. The molecule has 0 saturated heterocycles. The summed E-state index contributed by atoms with van der Waals surface area (Å²) < 4.78 is 33.7. The van der Waals surface area contributed by atoms with Crippen molar-refractivity contribution in [3.63, 3.8) is 0 Å². The predicted octanol–water partition coefficient (Wildman–Crippen LogP) is 5.13. The van der Waals surface area contributed by atoms with Gasteiger partial charge in [-0.2, -0.15) is 8.78 Å². The standard InChI is InChI=1S/C20H15F2NO3S/c1-25-19(24)16(11-13-7-9-15(10-8-13)26-20(21)22)18-23-17(12-27-18)14-5-3-2-4-6-14/h2-12,20H,1H3/b16-11-. The molecule has 0 fully saturated rings. The zero-order valence-electron chi connectivity index (χ0n) is 14.3. The van der Waals surface area contributed by atoms with Gasteiger partial charge in [0.1, 0.15) is 10.8 Å². The second-order valence-corrected chi connectivity index (χ2v) is 6.26. The van der Waals surface area contributed by atoms with Gasteiger partial charge in [-0.05, 0) is 23.8 Å². The van der Waals surface area contributed by atoms with Crippen molar-refractivity contribution in [1.29, 1.82) is 0 Å². The molecule has 4 nitrogen and oxygen atoms in total. The molecule has 1 aromatic heterocycles. The quantitative estimate of drug-likeness (QED) is 0.435. The van der Waals surface area contributed by atoms with E-state index in [0.29, 0.717) is 10.6 Å². The molecule has 0 atom stereocenters. The number of alkyl halides is 2. The Hall–Kier alpha value is -3.06. The minimum atomic E-state index is -2.89. The highest BCUT2D eigenvalue weighted by molar-refractivity contribution is 7.11. The third-order valence-corrected chi connectivity index (χ3v) is 4.50. The first kappa shape index (κ1) is 18.7. The summed E-state index contributed by atoms with van der Waals surface area (Å²) in [6, 6.07) is 15.6. The van der Waals surface area contributed by atoms with Gasteiger partial charge < -0.3 is 9.47 Å². The maximum absolute atomic E-state index is 12.2. The Morgan fingerprint density at radius 2 is 1.81 bits per heavy atom. The van der Waals surface area contributed by atoms with Crippen LogP contribution < -0.4 is 4.74 Å². The fraction of sp³-hybridized carbons (Fsp3) is 0.100. The molecule has 27 heavy (non-hydrogen) atoms. The highest BCUT2D eigenvalue weighted by atomic mass is 32.1. The normalized spacial score (nSPS) is 11.5. The largest absolute Gasteiger partial charge is 0.465 e. The van der Waals surface area contributed by atoms with Crippen molar-refractivity contribution >= 4 is 29.0 Å². The van der Waals surface area contributed by atoms with Crippen molar-refractivity contribution in [2.45, 2.75) is 6.61 Å². The SMILES string of the molecule is COC(=O)/C(=C\c1ccc(OC(F)F)cc1)c1nc(-c2ccccc2)cs1. The lowest BCUT2D eigenvalue weighted by Gasteiger charge is -2.05. The molecule has 0 aliphatic heterocycles. The lowest BCUT2D eigenvalue weighted by Crippen LogP contribution is -2.04. The van der Waals surface area contributed by atoms with Gasteiger partial charge in [0.15, 0.2) is 0 Å². The molecule has 2 aromatic carbocycles. The number of rotatable bonds is 6. The summed E-state index contributed by atoms with van der Waals surface area (Å²) in [6.45, 7) is -2.89. The van der Waals surface area contributed by atoms with Crippen LogP contribution in [-0.4, -0.2) is 24.7 Å². The smallest absolute Gasteiger partial charge is 0.387 e. The number of ether oxygens (including phenoxy) is 2. The van der Waals surface area contributed by atoms with Gasteiger partial charge >= 0.3 is 12.6 Å². The summed E-state index contributed by atoms with van der Waals surface area (Å²) in [7, 11) is 1.29. The molecule has 0 amide bonds. The first-order chi connectivity index (χ1) is 13.1. The van der Waals surface area contributed by atoms with Gasteiger partial charge in [-0.3, -0.25) is 0 Å². The highest BCUT2D eigenvalue weighted by Crippen LogP contribution is 2.28. The second kappa shape index (κ2) is 8.55. The Morgan fingerprint density at radius 1 is 1.11 bits per heavy atom. The highest BCUT2D eigenvalue weighted by Gasteiger charge is 2.17. The predicted molar refractivity (Wildman–Crippen MR) is 101 cm³/mol. The number of aromatic nitrogens is 1. The van der Waals surface area contributed by atoms with Crippen molar-refractivity contribution in [3.8, 4) is 17.0 Å². The van der Waals surface area contributed by atoms with Crippen LogP contribution in [0.3, 0.4) is 0 Å². The Labute approximate surface area is 158 Å². The van der Waals surface area contributed by atoms with Crippen molar-refractivity contribution in [3.05, 3.63) is 70.5 Å². The Morgan fingerprint density at radius 3 is 2.44 bits per heavy atom. The van der Waals surface area contributed by atoms with E-state index in [9.17, 15) is 13.6 Å². The van der Waals surface area contributed by atoms with Crippen LogP contribution in [0.2, 0.25) is 0 Å². The lowest BCUT2D eigenvalue weighted by atomic mass is 10.1. The number of halogens is 2. The lowest BCUT2D eigenvalue weighted by molar-refractivity contribution is -0.133. The molecule has 0 spiro atoms. The van der Waals surface area contributed by atoms with Crippen molar-refractivity contribution < 1.29 is 23.0 Å². The van der Waals surface area contributed by atoms with Gasteiger partial charge in [0.05, 0.1) is 18.4 Å². The number of nitrogens with zero attached hydrogens (tertiary/aromatic N) is 1. The number of hydrogen-bond acceptors (Lipinski definition) is 5. The average molecular weight is 387 g/mol. The first-order valence-electron chi connectivity index (χ1n) is 7.93. The van der Waals surface area contributed by atoms with Gasteiger partial charge in [-0.1, -0.05) is 42.5 Å². The molecule has 0 N–H and O–H groups in total. The number of carbonyl (C=O) groups excluding carboxylic acids is 1. The number of carbonyl (C=O) groups is 1. The monoisotopic (exact) mass is 387 g/mol. The molecular weight excluding hydrogens is 372 g/mol. The fourth-order valence-electron chi connectivity index (χ4n) is 2.37. The van der Waals surface area contributed by atoms with Crippen LogP contribution in [-0.2, 0) is 9.53 Å². The summed E-state index contributed by atoms with van der Waals surface area (Å²) in [5.74, 6) is -0.487. The number of hydrogen-bond donors (Lipinski definition) is 0. The number of thiazole rings is 1. The maximum Gasteiger partial charge on any atom is 0.387 e. The molecule has 3 rings (SSSR count). The van der Waals surface area contributed by atoms with Crippen molar-refractivity contribution in [2.24, 2.45) is 0 Å². The van der Waals surface area contributed by atoms with E-state index in [1.54, 1.807) is 18.2 Å². The molecule has 138 valence electrons. The third kappa shape index (κ3) is 4.77. The minimum Gasteiger partial charge on any atom is -0.465 e. The second-order valence-electron chi connectivity index (χ2n) is 5.40. The summed E-state index contributed by atoms with van der Waals surface area (Å²) in [4.78, 5) is 16.8. The average Bonchev–Trinajstić information content (AvgIpc) is 3.17. The number of benzene rings is 2. The van der Waals surface area contributed by atoms with E-state index in [0.717, 1.165) is 11.3 Å². The van der Waals surface area contributed by atoms with E-state index in [1.807, 2.05) is 35.7 Å². The number of methoxy groups -OCH3 is 1. The Kier molecular flexibility index (Phi) is 5.93. The van der Waals surface area contributed by atoms with Gasteiger partial charge in [-0.15, -0.1) is 11.3 Å². The van der Waals surface area contributed by atoms with Crippen LogP contribution in [0.5, 0.6) is 5.75 Å². The van der Waals surface area contributed by atoms with Crippen LogP contribution in [0, 0.1) is 0 Å². The van der Waals surface area contributed by atoms with Gasteiger partial charge in [-0.25, -0.2) is 9.78 Å². The molecule has 0 aliphatic rings. The maximum atomic E-state index is 12.2. The minimum absolute atomic E-state index is 0.0439. The van der Waals surface area contributed by atoms with E-state index in [1.165, 1.54) is 30.6 Å². The molecule has 3 aromatic rings. The topological polar surface area (TPSA) is 48.4 Å². The molecule has 0 saturated carbocycles. The molecular formula is C20H15F2NO3S. The molecule has 0 unspecified atom stereocenters. The van der Waals surface area contributed by atoms with Gasteiger partial charge in [0.2, 0.25) is 0 Å². The molecule has 7 heteroatoms. The summed E-state index contributed by atoms with van der Waals surface area (Å²) in [5.41, 5.74) is 2.62. The fourth-order valence-corrected chi connectivity index (χ4v) is 3.20. The van der Waals surface area contributed by atoms with Crippen LogP contribution >= 0.6 is 11.3 Å². The van der Waals surface area contributed by atoms with E-state index in [2.05, 4.69) is 9.72 Å². The number of esters is 1.